The van der Waals surface area contributed by atoms with Crippen molar-refractivity contribution in [3.8, 4) is 11.1 Å². The van der Waals surface area contributed by atoms with Gasteiger partial charge in [-0.2, -0.15) is 0 Å². The maximum Gasteiger partial charge on any atom is 0.274 e. The van der Waals surface area contributed by atoms with Crippen molar-refractivity contribution < 1.29 is 8.42 Å². The maximum absolute atomic E-state index is 12.9. The van der Waals surface area contributed by atoms with E-state index in [4.69, 9.17) is 0 Å². The molecule has 7 heteroatoms. The Morgan fingerprint density at radius 1 is 1.03 bits per heavy atom. The lowest BCUT2D eigenvalue weighted by Gasteiger charge is -2.31. The Bertz CT molecular complexity index is 1250. The van der Waals surface area contributed by atoms with Crippen molar-refractivity contribution in [2.24, 2.45) is 7.05 Å². The lowest BCUT2D eigenvalue weighted by atomic mass is 9.99. The number of piperidine rings is 1. The van der Waals surface area contributed by atoms with E-state index < -0.39 is 9.84 Å². The monoisotopic (exact) mass is 411 g/mol. The topological polar surface area (TPSA) is 75.2 Å². The third-order valence-electron chi connectivity index (χ3n) is 6.14. The molecule has 0 spiro atoms. The molecule has 0 radical (unpaired) electrons. The first-order valence-corrected chi connectivity index (χ1v) is 11.8. The third kappa shape index (κ3) is 3.08. The van der Waals surface area contributed by atoms with Gasteiger partial charge in [-0.15, -0.1) is 0 Å². The van der Waals surface area contributed by atoms with Gasteiger partial charge < -0.3 is 14.5 Å². The summed E-state index contributed by atoms with van der Waals surface area (Å²) >= 11 is 0. The van der Waals surface area contributed by atoms with Crippen LogP contribution in [0.4, 0.5) is 5.69 Å². The van der Waals surface area contributed by atoms with Crippen LogP contribution in [-0.2, 0) is 16.9 Å². The zero-order valence-electron chi connectivity index (χ0n) is 16.5. The van der Waals surface area contributed by atoms with E-state index in [1.807, 2.05) is 24.4 Å². The normalized spacial score (nSPS) is 17.8. The van der Waals surface area contributed by atoms with E-state index >= 15 is 0 Å². The molecular weight excluding hydrogens is 386 g/mol. The Morgan fingerprint density at radius 2 is 1.79 bits per heavy atom. The highest BCUT2D eigenvalue weighted by atomic mass is 32.2. The van der Waals surface area contributed by atoms with Crippen LogP contribution in [0.1, 0.15) is 32.1 Å². The van der Waals surface area contributed by atoms with Crippen LogP contribution in [0.15, 0.2) is 46.3 Å². The third-order valence-corrected chi connectivity index (χ3v) is 8.40. The molecule has 1 aliphatic carbocycles. The van der Waals surface area contributed by atoms with Gasteiger partial charge in [0.2, 0.25) is 0 Å². The highest BCUT2D eigenvalue weighted by Crippen LogP contribution is 2.40. The highest BCUT2D eigenvalue weighted by Gasteiger charge is 2.37. The Hall–Kier alpha value is -2.54. The maximum atomic E-state index is 12.9. The van der Waals surface area contributed by atoms with E-state index in [2.05, 4.69) is 9.88 Å². The van der Waals surface area contributed by atoms with Gasteiger partial charge in [-0.3, -0.25) is 4.79 Å². The summed E-state index contributed by atoms with van der Waals surface area (Å²) < 4.78 is 27.4. The molecule has 2 fully saturated rings. The van der Waals surface area contributed by atoms with Crippen molar-refractivity contribution >= 4 is 26.4 Å². The zero-order chi connectivity index (χ0) is 20.2. The number of pyridine rings is 1. The first-order chi connectivity index (χ1) is 14.0. The van der Waals surface area contributed by atoms with Gasteiger partial charge in [0.1, 0.15) is 5.52 Å². The summed E-state index contributed by atoms with van der Waals surface area (Å²) in [4.78, 5) is 18.3. The van der Waals surface area contributed by atoms with Crippen molar-refractivity contribution in [2.45, 2.75) is 42.2 Å². The summed E-state index contributed by atoms with van der Waals surface area (Å²) in [5.41, 5.74) is 3.27. The van der Waals surface area contributed by atoms with Crippen LogP contribution >= 0.6 is 0 Å². The number of nitrogens with one attached hydrogen (secondary N) is 1. The summed E-state index contributed by atoms with van der Waals surface area (Å²) in [6.45, 7) is 1.92. The fraction of sp³-hybridized carbons (Fsp3) is 0.409. The number of hydrogen-bond acceptors (Lipinski definition) is 4. The van der Waals surface area contributed by atoms with Crippen LogP contribution in [0.2, 0.25) is 0 Å². The summed E-state index contributed by atoms with van der Waals surface area (Å²) in [5.74, 6) is 0. The van der Waals surface area contributed by atoms with Gasteiger partial charge in [-0.1, -0.05) is 0 Å². The molecular formula is C22H25N3O3S. The van der Waals surface area contributed by atoms with Crippen molar-refractivity contribution in [1.82, 2.24) is 9.55 Å². The van der Waals surface area contributed by atoms with Crippen molar-refractivity contribution in [3.05, 3.63) is 47.0 Å². The Morgan fingerprint density at radius 3 is 2.52 bits per heavy atom. The number of anilines is 1. The number of hydrogen-bond donors (Lipinski definition) is 1. The van der Waals surface area contributed by atoms with Crippen molar-refractivity contribution in [1.29, 1.82) is 0 Å². The molecule has 152 valence electrons. The van der Waals surface area contributed by atoms with E-state index in [0.717, 1.165) is 61.0 Å². The standard InChI is InChI=1S/C22H25N3O3S/c1-24-14-19(17-9-10-23-21(17)22(24)26)18-13-16(29(27,28)15-5-6-15)7-8-20(18)25-11-3-2-4-12-25/h7-10,13-15,23H,2-6,11-12H2,1H3. The smallest absolute Gasteiger partial charge is 0.274 e. The molecule has 0 amide bonds. The van der Waals surface area contributed by atoms with Crippen LogP contribution in [0, 0.1) is 0 Å². The number of nitrogens with zero attached hydrogens (tertiary/aromatic N) is 2. The molecule has 0 atom stereocenters. The first-order valence-electron chi connectivity index (χ1n) is 10.3. The lowest BCUT2D eigenvalue weighted by molar-refractivity contribution is 0.578. The van der Waals surface area contributed by atoms with Crippen LogP contribution in [0.5, 0.6) is 0 Å². The number of aromatic amines is 1. The van der Waals surface area contributed by atoms with Gasteiger partial charge in [-0.05, 0) is 56.4 Å². The van der Waals surface area contributed by atoms with Crippen LogP contribution in [-0.4, -0.2) is 36.3 Å². The Balaban J connectivity index is 1.76. The quantitative estimate of drug-likeness (QED) is 0.713. The molecule has 0 unspecified atom stereocenters. The summed E-state index contributed by atoms with van der Waals surface area (Å²) in [6.07, 6.45) is 8.57. The van der Waals surface area contributed by atoms with E-state index in [-0.39, 0.29) is 10.8 Å². The zero-order valence-corrected chi connectivity index (χ0v) is 17.3. The van der Waals surface area contributed by atoms with Gasteiger partial charge in [-0.25, -0.2) is 8.42 Å². The minimum atomic E-state index is -3.30. The average molecular weight is 412 g/mol. The molecule has 1 saturated heterocycles. The Labute approximate surface area is 170 Å². The molecule has 2 aliphatic rings. The van der Waals surface area contributed by atoms with E-state index in [9.17, 15) is 13.2 Å². The summed E-state index contributed by atoms with van der Waals surface area (Å²) in [6, 6.07) is 7.44. The predicted octanol–water partition coefficient (Wildman–Crippen LogP) is 3.46. The van der Waals surface area contributed by atoms with Crippen LogP contribution in [0.3, 0.4) is 0 Å². The van der Waals surface area contributed by atoms with E-state index in [1.165, 1.54) is 6.42 Å². The average Bonchev–Trinajstić information content (AvgIpc) is 3.49. The number of fused-ring (bicyclic) bond motifs is 1. The van der Waals surface area contributed by atoms with Gasteiger partial charge in [0, 0.05) is 54.7 Å². The molecule has 3 aromatic rings. The molecule has 1 N–H and O–H groups in total. The van der Waals surface area contributed by atoms with Gasteiger partial charge in [0.25, 0.3) is 5.56 Å². The van der Waals surface area contributed by atoms with Crippen LogP contribution < -0.4 is 10.5 Å². The van der Waals surface area contributed by atoms with Gasteiger partial charge in [0.05, 0.1) is 10.1 Å². The molecule has 2 aromatic heterocycles. The Kier molecular flexibility index (Phi) is 4.31. The number of aryl methyl sites for hydroxylation is 1. The van der Waals surface area contributed by atoms with E-state index in [0.29, 0.717) is 10.4 Å². The fourth-order valence-corrected chi connectivity index (χ4v) is 6.05. The summed E-state index contributed by atoms with van der Waals surface area (Å²) in [5, 5.41) is 0.580. The largest absolute Gasteiger partial charge is 0.371 e. The molecule has 5 rings (SSSR count). The number of sulfone groups is 1. The minimum absolute atomic E-state index is 0.0879. The lowest BCUT2D eigenvalue weighted by Crippen LogP contribution is -2.30. The summed E-state index contributed by atoms with van der Waals surface area (Å²) in [7, 11) is -1.56. The number of aromatic nitrogens is 2. The number of H-pyrrole nitrogens is 1. The molecule has 3 heterocycles. The van der Waals surface area contributed by atoms with Crippen molar-refractivity contribution in [3.63, 3.8) is 0 Å². The molecule has 1 saturated carbocycles. The second kappa shape index (κ2) is 6.76. The molecule has 6 nitrogen and oxygen atoms in total. The number of rotatable bonds is 4. The molecule has 0 bridgehead atoms. The second-order valence-electron chi connectivity index (χ2n) is 8.20. The van der Waals surface area contributed by atoms with Crippen LogP contribution in [0.25, 0.3) is 22.0 Å². The molecule has 1 aliphatic heterocycles. The molecule has 29 heavy (non-hydrogen) atoms. The fourth-order valence-electron chi connectivity index (χ4n) is 4.37. The SMILES string of the molecule is Cn1cc(-c2cc(S(=O)(=O)C3CC3)ccc2N2CCCCC2)c2cc[nH]c2c1=O. The van der Waals surface area contributed by atoms with Gasteiger partial charge >= 0.3 is 0 Å². The second-order valence-corrected chi connectivity index (χ2v) is 10.4. The minimum Gasteiger partial charge on any atom is -0.371 e. The first kappa shape index (κ1) is 18.5. The number of benzene rings is 1. The van der Waals surface area contributed by atoms with Gasteiger partial charge in [0.15, 0.2) is 9.84 Å². The highest BCUT2D eigenvalue weighted by molar-refractivity contribution is 7.92. The predicted molar refractivity (Wildman–Crippen MR) is 115 cm³/mol. The van der Waals surface area contributed by atoms with E-state index in [1.54, 1.807) is 23.9 Å². The van der Waals surface area contributed by atoms with Crippen molar-refractivity contribution in [2.75, 3.05) is 18.0 Å². The molecule has 1 aromatic carbocycles.